The molecule has 0 saturated carbocycles. The molecule has 0 unspecified atom stereocenters. The standard InChI is InChI=1S/C128H134O18Si/c1-128(2,3)147(106-71-43-17-44-72-106,107-73-45-18-46-74-107)142-93-114-121(136-87-100-59-31-11-32-60-100)124(139-90-103-65-37-14-38-66-103)119(134-85-98-55-27-9-28-56-98)112(145-114)78-77-110-117(132-83-96-51-23-7-24-52-96)122(137-88-101-61-33-12-34-62-101)115(130-81-94-47-19-5-20-48-94)108(143-110)75-76-109-116(131-82-95-49-21-6-22-50-95)123(138-89-102-63-35-13-36-64-102)118(133-84-97-53-25-8-26-54-97)111(144-109)79-80-113-120(135-86-99-57-29-10-30-58-99)125(140-91-104-67-39-15-40-68-104)126(127(129-4)146-113)141-92-105-69-41-16-42-70-105/h5-80,108-127H,81-93H2,1-4H3/b76-75-,78-77-,80-79-/t108-,109+,110+,111-,112-,113+,114+,115-,116+,117+,118-,119-,120+,121+,122+,123-,124+,125-,126+,127-/m0/s1. The molecule has 14 aromatic rings. The van der Waals surface area contributed by atoms with Crippen molar-refractivity contribution in [3.63, 3.8) is 0 Å². The van der Waals surface area contributed by atoms with Crippen molar-refractivity contribution in [3.8, 4) is 0 Å². The van der Waals surface area contributed by atoms with E-state index in [4.69, 9.17) is 85.0 Å². The van der Waals surface area contributed by atoms with Gasteiger partial charge in [-0.2, -0.15) is 0 Å². The number of benzene rings is 14. The van der Waals surface area contributed by atoms with Crippen molar-refractivity contribution in [2.45, 2.75) is 227 Å². The fourth-order valence-electron chi connectivity index (χ4n) is 19.9. The Balaban J connectivity index is 0.791. The van der Waals surface area contributed by atoms with Gasteiger partial charge in [0, 0.05) is 7.11 Å². The van der Waals surface area contributed by atoms with E-state index in [1.54, 1.807) is 7.11 Å². The Kier molecular flexibility index (Phi) is 38.6. The topological polar surface area (TPSA) is 166 Å². The number of rotatable bonds is 48. The van der Waals surface area contributed by atoms with Crippen molar-refractivity contribution in [1.82, 2.24) is 0 Å². The van der Waals surface area contributed by atoms with Gasteiger partial charge in [0.1, 0.15) is 116 Å². The molecule has 14 aromatic carbocycles. The molecule has 4 aliphatic rings. The predicted molar refractivity (Wildman–Crippen MR) is 573 cm³/mol. The van der Waals surface area contributed by atoms with Crippen LogP contribution in [0.5, 0.6) is 0 Å². The zero-order chi connectivity index (χ0) is 100. The third-order valence-corrected chi connectivity index (χ3v) is 32.4. The second-order valence-corrected chi connectivity index (χ2v) is 43.0. The van der Waals surface area contributed by atoms with Gasteiger partial charge in [0.25, 0.3) is 8.32 Å². The van der Waals surface area contributed by atoms with E-state index < -0.39 is 136 Å². The number of ether oxygens (including phenoxy) is 17. The maximum absolute atomic E-state index is 8.06. The maximum atomic E-state index is 8.06. The highest BCUT2D eigenvalue weighted by atomic mass is 28.4. The molecule has 0 spiro atoms. The Morgan fingerprint density at radius 1 is 0.197 bits per heavy atom. The lowest BCUT2D eigenvalue weighted by molar-refractivity contribution is -0.309. The lowest BCUT2D eigenvalue weighted by atomic mass is 9.89. The molecule has 0 amide bonds. The Morgan fingerprint density at radius 2 is 0.361 bits per heavy atom. The predicted octanol–water partition coefficient (Wildman–Crippen LogP) is 22.9. The number of hydrogen-bond acceptors (Lipinski definition) is 18. The van der Waals surface area contributed by atoms with Gasteiger partial charge in [0.05, 0.1) is 85.9 Å². The largest absolute Gasteiger partial charge is 0.405 e. The van der Waals surface area contributed by atoms with Crippen LogP contribution >= 0.6 is 0 Å². The van der Waals surface area contributed by atoms with E-state index >= 15 is 0 Å². The molecule has 0 radical (unpaired) electrons. The van der Waals surface area contributed by atoms with Crippen molar-refractivity contribution in [2.24, 2.45) is 0 Å². The van der Waals surface area contributed by atoms with Gasteiger partial charge in [-0.05, 0) is 82.2 Å². The van der Waals surface area contributed by atoms with E-state index in [-0.39, 0.29) is 85.9 Å². The summed E-state index contributed by atoms with van der Waals surface area (Å²) in [6, 6.07) is 144. The smallest absolute Gasteiger partial charge is 0.261 e. The Labute approximate surface area is 867 Å². The Hall–Kier alpha value is -12.2. The SMILES string of the molecule is CO[C@H]1O[C@H](/C=C\[C@@H]2O[C@H](/C=C\[C@@H]3O[C@H](/C=C\[C@@H]4O[C@H](CO[Si](c5ccccc5)(c5ccccc5)C(C)(C)C)[C@@H](OCc5ccccc5)[C@H](OCc5ccccc5)[C@H]4OCc4ccccc4)[C@@H](OCc4ccccc4)[C@H](OCc4ccccc4)[C@H]3OCc3ccccc3)[C@@H](OCc3ccccc3)[C@H](OCc3ccccc3)[C@H]2OCc2ccccc2)[C@@H](OCc2ccccc2)[C@H](OCc2ccccc2)[C@H]1OCc1ccccc1. The second-order valence-electron chi connectivity index (χ2n) is 38.7. The van der Waals surface area contributed by atoms with E-state index in [1.165, 1.54) is 0 Å². The van der Waals surface area contributed by atoms with Crippen LogP contribution in [0.15, 0.2) is 461 Å². The molecular weight excluding hydrogens is 1850 g/mol. The van der Waals surface area contributed by atoms with Crippen molar-refractivity contribution in [3.05, 3.63) is 528 Å². The minimum Gasteiger partial charge on any atom is -0.405 e. The molecule has 4 fully saturated rings. The van der Waals surface area contributed by atoms with Gasteiger partial charge >= 0.3 is 0 Å². The summed E-state index contributed by atoms with van der Waals surface area (Å²) >= 11 is 0. The number of methoxy groups -OCH3 is 1. The van der Waals surface area contributed by atoms with Crippen LogP contribution < -0.4 is 10.4 Å². The maximum Gasteiger partial charge on any atom is 0.261 e. The quantitative estimate of drug-likeness (QED) is 0.0261. The van der Waals surface area contributed by atoms with Crippen LogP contribution in [0.4, 0.5) is 0 Å². The molecule has 4 aliphatic heterocycles. The zero-order valence-electron chi connectivity index (χ0n) is 84.0. The summed E-state index contributed by atoms with van der Waals surface area (Å²) in [5.74, 6) is 0. The summed E-state index contributed by atoms with van der Waals surface area (Å²) < 4.78 is 135. The summed E-state index contributed by atoms with van der Waals surface area (Å²) in [4.78, 5) is 0. The van der Waals surface area contributed by atoms with Gasteiger partial charge in [0.2, 0.25) is 0 Å². The molecule has 758 valence electrons. The van der Waals surface area contributed by atoms with Crippen LogP contribution in [0.1, 0.15) is 87.5 Å². The van der Waals surface area contributed by atoms with Gasteiger partial charge in [-0.3, -0.25) is 0 Å². The molecule has 4 heterocycles. The van der Waals surface area contributed by atoms with Gasteiger partial charge in [-0.15, -0.1) is 0 Å². The first-order valence-electron chi connectivity index (χ1n) is 51.3. The molecule has 0 bridgehead atoms. The van der Waals surface area contributed by atoms with E-state index in [0.717, 1.165) is 77.1 Å². The third kappa shape index (κ3) is 28.9. The molecule has 147 heavy (non-hydrogen) atoms. The third-order valence-electron chi connectivity index (χ3n) is 27.4. The second kappa shape index (κ2) is 54.1. The molecule has 19 heteroatoms. The first-order chi connectivity index (χ1) is 72.5. The average Bonchev–Trinajstić information content (AvgIpc) is 0.738. The molecular formula is C128H134O18Si. The van der Waals surface area contributed by atoms with E-state index in [1.807, 2.05) is 243 Å². The summed E-state index contributed by atoms with van der Waals surface area (Å²) in [5.41, 5.74) is 11.4. The summed E-state index contributed by atoms with van der Waals surface area (Å²) in [6.45, 7) is 9.31. The lowest BCUT2D eigenvalue weighted by Gasteiger charge is -2.48. The van der Waals surface area contributed by atoms with Crippen molar-refractivity contribution in [1.29, 1.82) is 0 Å². The first-order valence-corrected chi connectivity index (χ1v) is 53.2. The van der Waals surface area contributed by atoms with E-state index in [0.29, 0.717) is 0 Å². The highest BCUT2D eigenvalue weighted by Crippen LogP contribution is 2.43. The Morgan fingerprint density at radius 3 is 0.565 bits per heavy atom. The average molecular weight is 1990 g/mol. The van der Waals surface area contributed by atoms with Crippen molar-refractivity contribution < 1.29 is 85.0 Å². The van der Waals surface area contributed by atoms with Gasteiger partial charge in [0.15, 0.2) is 6.29 Å². The van der Waals surface area contributed by atoms with Crippen molar-refractivity contribution >= 4 is 18.7 Å². The van der Waals surface area contributed by atoms with Gasteiger partial charge in [-0.1, -0.05) is 482 Å². The fourth-order valence-corrected chi connectivity index (χ4v) is 24.5. The summed E-state index contributed by atoms with van der Waals surface area (Å²) in [6.07, 6.45) is -5.28. The van der Waals surface area contributed by atoms with Gasteiger partial charge in [-0.25, -0.2) is 0 Å². The molecule has 0 N–H and O–H groups in total. The van der Waals surface area contributed by atoms with Gasteiger partial charge < -0.3 is 85.0 Å². The highest BCUT2D eigenvalue weighted by Gasteiger charge is 2.56. The molecule has 0 aromatic heterocycles. The van der Waals surface area contributed by atoms with Crippen LogP contribution in [-0.4, -0.2) is 144 Å². The van der Waals surface area contributed by atoms with Crippen LogP contribution in [-0.2, 0) is 164 Å². The highest BCUT2D eigenvalue weighted by molar-refractivity contribution is 6.99. The van der Waals surface area contributed by atoms with E-state index in [2.05, 4.69) is 239 Å². The normalized spacial score (nSPS) is 24.5. The van der Waals surface area contributed by atoms with Crippen LogP contribution in [0.25, 0.3) is 0 Å². The summed E-state index contributed by atoms with van der Waals surface area (Å²) in [5, 5.41) is 1.82. The molecule has 18 nitrogen and oxygen atoms in total. The van der Waals surface area contributed by atoms with E-state index in [9.17, 15) is 0 Å². The molecule has 0 aliphatic carbocycles. The van der Waals surface area contributed by atoms with Crippen molar-refractivity contribution in [2.75, 3.05) is 13.7 Å². The van der Waals surface area contributed by atoms with Crippen LogP contribution in [0.2, 0.25) is 5.04 Å². The zero-order valence-corrected chi connectivity index (χ0v) is 85.0. The van der Waals surface area contributed by atoms with Crippen LogP contribution in [0, 0.1) is 0 Å². The summed E-state index contributed by atoms with van der Waals surface area (Å²) in [7, 11) is -1.68. The molecule has 4 saturated heterocycles. The molecule has 18 rings (SSSR count). The minimum absolute atomic E-state index is 0.0927. The monoisotopic (exact) mass is 1990 g/mol. The van der Waals surface area contributed by atoms with Crippen LogP contribution in [0.3, 0.4) is 0 Å². The lowest BCUT2D eigenvalue weighted by Crippen LogP contribution is -2.68. The fraction of sp³-hybridized carbons (Fsp3) is 0.297. The minimum atomic E-state index is -3.32. The first kappa shape index (κ1) is 105. The number of hydrogen-bond donors (Lipinski definition) is 0. The Bertz CT molecular complexity index is 6150. The molecule has 20 atom stereocenters.